The van der Waals surface area contributed by atoms with Gasteiger partial charge in [-0.3, -0.25) is 9.59 Å². The molecule has 1 fully saturated rings. The Morgan fingerprint density at radius 1 is 1.45 bits per heavy atom. The lowest BCUT2D eigenvalue weighted by molar-refractivity contribution is -0.143. The number of amides is 1. The van der Waals surface area contributed by atoms with Crippen molar-refractivity contribution in [3.8, 4) is 0 Å². The lowest BCUT2D eigenvalue weighted by Crippen LogP contribution is -2.46. The number of nitrogens with zero attached hydrogens (tertiary/aromatic N) is 1. The molecule has 0 aromatic heterocycles. The van der Waals surface area contributed by atoms with E-state index in [2.05, 4.69) is 15.9 Å². The molecular weight excluding hydrogens is 329 g/mol. The van der Waals surface area contributed by atoms with Crippen LogP contribution in [0, 0.1) is 11.7 Å². The number of benzene rings is 1. The van der Waals surface area contributed by atoms with E-state index in [-0.39, 0.29) is 17.5 Å². The molecule has 6 heteroatoms. The number of hydrogen-bond acceptors (Lipinski definition) is 2. The minimum absolute atomic E-state index is 0.174. The van der Waals surface area contributed by atoms with E-state index in [1.165, 1.54) is 18.2 Å². The first-order valence-electron chi connectivity index (χ1n) is 6.39. The van der Waals surface area contributed by atoms with Crippen molar-refractivity contribution in [1.82, 2.24) is 4.90 Å². The van der Waals surface area contributed by atoms with Crippen molar-refractivity contribution in [2.24, 2.45) is 5.92 Å². The van der Waals surface area contributed by atoms with Gasteiger partial charge in [-0.1, -0.05) is 0 Å². The second kappa shape index (κ2) is 5.91. The first-order valence-corrected chi connectivity index (χ1v) is 7.18. The van der Waals surface area contributed by atoms with Crippen LogP contribution in [-0.2, 0) is 4.79 Å². The number of carboxylic acid groups (broad SMARTS) is 1. The number of aliphatic carboxylic acids is 1. The van der Waals surface area contributed by atoms with E-state index in [1.54, 1.807) is 4.90 Å². The van der Waals surface area contributed by atoms with Crippen molar-refractivity contribution in [2.45, 2.75) is 25.8 Å². The Morgan fingerprint density at radius 2 is 2.15 bits per heavy atom. The molecular formula is C14H15BrFNO3. The van der Waals surface area contributed by atoms with E-state index in [1.807, 2.05) is 6.92 Å². The van der Waals surface area contributed by atoms with Crippen molar-refractivity contribution in [3.63, 3.8) is 0 Å². The predicted octanol–water partition coefficient (Wildman–Crippen LogP) is 2.91. The summed E-state index contributed by atoms with van der Waals surface area (Å²) in [5, 5.41) is 9.02. The zero-order valence-electron chi connectivity index (χ0n) is 11.0. The third kappa shape index (κ3) is 3.00. The Hall–Kier alpha value is -1.43. The van der Waals surface area contributed by atoms with E-state index >= 15 is 0 Å². The average molecular weight is 344 g/mol. The normalized spacial score (nSPS) is 22.6. The standard InChI is InChI=1S/C14H15BrFNO3/c1-8-6-9(14(19)20)4-5-17(8)13(18)11-7-10(16)2-3-12(11)15/h2-3,7-9H,4-6H2,1H3,(H,19,20). The smallest absolute Gasteiger partial charge is 0.306 e. The zero-order chi connectivity index (χ0) is 14.9. The van der Waals surface area contributed by atoms with Crippen LogP contribution in [0.15, 0.2) is 22.7 Å². The van der Waals surface area contributed by atoms with Crippen LogP contribution in [0.3, 0.4) is 0 Å². The Balaban J connectivity index is 2.18. The maximum atomic E-state index is 13.3. The van der Waals surface area contributed by atoms with Crippen molar-refractivity contribution < 1.29 is 19.1 Å². The Bertz CT molecular complexity index is 549. The van der Waals surface area contributed by atoms with Gasteiger partial charge in [0.25, 0.3) is 5.91 Å². The number of hydrogen-bond donors (Lipinski definition) is 1. The van der Waals surface area contributed by atoms with E-state index in [0.717, 1.165) is 0 Å². The lowest BCUT2D eigenvalue weighted by Gasteiger charge is -2.36. The van der Waals surface area contributed by atoms with Gasteiger partial charge in [0.05, 0.1) is 11.5 Å². The minimum Gasteiger partial charge on any atom is -0.481 e. The molecule has 1 aromatic rings. The number of carbonyl (C=O) groups excluding carboxylic acids is 1. The molecule has 2 rings (SSSR count). The minimum atomic E-state index is -0.823. The second-order valence-electron chi connectivity index (χ2n) is 5.03. The van der Waals surface area contributed by atoms with Gasteiger partial charge in [-0.15, -0.1) is 0 Å². The summed E-state index contributed by atoms with van der Waals surface area (Å²) in [6, 6.07) is 3.80. The molecule has 108 valence electrons. The average Bonchev–Trinajstić information content (AvgIpc) is 2.40. The summed E-state index contributed by atoms with van der Waals surface area (Å²) in [7, 11) is 0. The highest BCUT2D eigenvalue weighted by atomic mass is 79.9. The number of carboxylic acids is 1. The number of likely N-dealkylation sites (tertiary alicyclic amines) is 1. The van der Waals surface area contributed by atoms with Gasteiger partial charge in [-0.25, -0.2) is 4.39 Å². The molecule has 2 unspecified atom stereocenters. The highest BCUT2D eigenvalue weighted by Gasteiger charge is 2.33. The monoisotopic (exact) mass is 343 g/mol. The largest absolute Gasteiger partial charge is 0.481 e. The molecule has 1 aromatic carbocycles. The van der Waals surface area contributed by atoms with Gasteiger partial charge in [0.15, 0.2) is 0 Å². The third-order valence-electron chi connectivity index (χ3n) is 3.65. The van der Waals surface area contributed by atoms with Gasteiger partial charge < -0.3 is 10.0 Å². The SMILES string of the molecule is CC1CC(C(=O)O)CCN1C(=O)c1cc(F)ccc1Br. The van der Waals surface area contributed by atoms with E-state index in [4.69, 9.17) is 5.11 Å². The highest BCUT2D eigenvalue weighted by Crippen LogP contribution is 2.27. The molecule has 0 radical (unpaired) electrons. The van der Waals surface area contributed by atoms with Crippen LogP contribution in [0.2, 0.25) is 0 Å². The van der Waals surface area contributed by atoms with Gasteiger partial charge in [0.1, 0.15) is 5.82 Å². The number of halogens is 2. The summed E-state index contributed by atoms with van der Waals surface area (Å²) in [5.41, 5.74) is 0.269. The van der Waals surface area contributed by atoms with Crippen LogP contribution in [0.1, 0.15) is 30.1 Å². The molecule has 1 saturated heterocycles. The van der Waals surface area contributed by atoms with E-state index in [9.17, 15) is 14.0 Å². The van der Waals surface area contributed by atoms with Gasteiger partial charge in [0, 0.05) is 17.1 Å². The zero-order valence-corrected chi connectivity index (χ0v) is 12.6. The molecule has 0 saturated carbocycles. The summed E-state index contributed by atoms with van der Waals surface area (Å²) in [6.45, 7) is 2.19. The van der Waals surface area contributed by atoms with Crippen LogP contribution in [0.25, 0.3) is 0 Å². The Kier molecular flexibility index (Phi) is 4.42. The van der Waals surface area contributed by atoms with Crippen molar-refractivity contribution in [1.29, 1.82) is 0 Å². The van der Waals surface area contributed by atoms with E-state index < -0.39 is 17.7 Å². The van der Waals surface area contributed by atoms with Crippen LogP contribution < -0.4 is 0 Å². The lowest BCUT2D eigenvalue weighted by atomic mass is 9.91. The summed E-state index contributed by atoms with van der Waals surface area (Å²) >= 11 is 3.24. The molecule has 0 aliphatic carbocycles. The number of piperidine rings is 1. The van der Waals surface area contributed by atoms with E-state index in [0.29, 0.717) is 23.9 Å². The fourth-order valence-electron chi connectivity index (χ4n) is 2.51. The third-order valence-corrected chi connectivity index (χ3v) is 4.34. The predicted molar refractivity (Wildman–Crippen MR) is 75.0 cm³/mol. The summed E-state index contributed by atoms with van der Waals surface area (Å²) < 4.78 is 13.8. The van der Waals surface area contributed by atoms with Crippen LogP contribution in [0.5, 0.6) is 0 Å². The molecule has 1 heterocycles. The number of carbonyl (C=O) groups is 2. The van der Waals surface area contributed by atoms with Crippen molar-refractivity contribution >= 4 is 27.8 Å². The Morgan fingerprint density at radius 3 is 2.75 bits per heavy atom. The second-order valence-corrected chi connectivity index (χ2v) is 5.89. The first kappa shape index (κ1) is 15.0. The summed E-state index contributed by atoms with van der Waals surface area (Å²) in [6.07, 6.45) is 0.854. The summed E-state index contributed by atoms with van der Waals surface area (Å²) in [5.74, 6) is -1.97. The molecule has 1 aliphatic heterocycles. The summed E-state index contributed by atoms with van der Waals surface area (Å²) in [4.78, 5) is 25.0. The first-order chi connectivity index (χ1) is 9.40. The maximum Gasteiger partial charge on any atom is 0.306 e. The fraction of sp³-hybridized carbons (Fsp3) is 0.429. The van der Waals surface area contributed by atoms with Crippen LogP contribution in [-0.4, -0.2) is 34.5 Å². The Labute approximate surface area is 124 Å². The van der Waals surface area contributed by atoms with Gasteiger partial charge in [0.2, 0.25) is 0 Å². The molecule has 0 bridgehead atoms. The molecule has 2 atom stereocenters. The van der Waals surface area contributed by atoms with Gasteiger partial charge in [-0.2, -0.15) is 0 Å². The molecule has 0 spiro atoms. The molecule has 4 nitrogen and oxygen atoms in total. The maximum absolute atomic E-state index is 13.3. The van der Waals surface area contributed by atoms with Gasteiger partial charge >= 0.3 is 5.97 Å². The number of rotatable bonds is 2. The fourth-order valence-corrected chi connectivity index (χ4v) is 2.93. The van der Waals surface area contributed by atoms with Crippen molar-refractivity contribution in [2.75, 3.05) is 6.54 Å². The van der Waals surface area contributed by atoms with Crippen LogP contribution >= 0.6 is 15.9 Å². The van der Waals surface area contributed by atoms with Crippen LogP contribution in [0.4, 0.5) is 4.39 Å². The highest BCUT2D eigenvalue weighted by molar-refractivity contribution is 9.10. The molecule has 1 amide bonds. The topological polar surface area (TPSA) is 57.6 Å². The quantitative estimate of drug-likeness (QED) is 0.898. The molecule has 1 N–H and O–H groups in total. The molecule has 1 aliphatic rings. The molecule has 20 heavy (non-hydrogen) atoms. The van der Waals surface area contributed by atoms with Crippen molar-refractivity contribution in [3.05, 3.63) is 34.1 Å². The van der Waals surface area contributed by atoms with Gasteiger partial charge in [-0.05, 0) is 53.9 Å².